The van der Waals surface area contributed by atoms with Gasteiger partial charge in [-0.15, -0.1) is 0 Å². The van der Waals surface area contributed by atoms with Gasteiger partial charge in [-0.1, -0.05) is 55.5 Å². The average Bonchev–Trinajstić information content (AvgIpc) is 2.37. The van der Waals surface area contributed by atoms with Gasteiger partial charge in [0.1, 0.15) is 0 Å². The molecule has 22 heavy (non-hydrogen) atoms. The standard InChI is InChI=1S/C16H29N2P.2ClH.Co/c1-15(2,3)19(16(4,5)6)12-11-17-13-14-9-7-8-10-18-14;;;/h7-10,17H,11-13H2,1-6H3;2*1H;/q;;;+2/p-2. The summed E-state index contributed by atoms with van der Waals surface area (Å²) in [6.07, 6.45) is 3.13. The number of hydrogen-bond donors (Lipinski definition) is 1. The van der Waals surface area contributed by atoms with Crippen LogP contribution in [0.1, 0.15) is 47.2 Å². The molecule has 6 heteroatoms. The Balaban J connectivity index is 0.00000135. The average molecular weight is 410 g/mol. The third-order valence-corrected chi connectivity index (χ3v) is 7.07. The molecule has 0 aromatic carbocycles. The van der Waals surface area contributed by atoms with E-state index in [1.807, 2.05) is 18.3 Å². The molecule has 1 N–H and O–H groups in total. The molecular formula is C16H29Cl2CoN2P. The molecule has 0 bridgehead atoms. The first-order chi connectivity index (χ1) is 10.1. The Labute approximate surface area is 152 Å². The predicted molar refractivity (Wildman–Crippen MR) is 98.9 cm³/mol. The van der Waals surface area contributed by atoms with Crippen molar-refractivity contribution >= 4 is 28.2 Å². The van der Waals surface area contributed by atoms with Crippen molar-refractivity contribution in [2.75, 3.05) is 12.7 Å². The van der Waals surface area contributed by atoms with Gasteiger partial charge in [0.05, 0.1) is 5.69 Å². The molecule has 1 aromatic heterocycles. The van der Waals surface area contributed by atoms with Crippen LogP contribution in [0.15, 0.2) is 24.4 Å². The van der Waals surface area contributed by atoms with Crippen molar-refractivity contribution in [1.29, 1.82) is 0 Å². The fourth-order valence-corrected chi connectivity index (χ4v) is 6.32. The van der Waals surface area contributed by atoms with Gasteiger partial charge in [-0.05, 0) is 35.2 Å². The summed E-state index contributed by atoms with van der Waals surface area (Å²) in [5.41, 5.74) is 1.12. The van der Waals surface area contributed by atoms with Crippen LogP contribution in [-0.4, -0.2) is 28.0 Å². The van der Waals surface area contributed by atoms with E-state index < -0.39 is 0 Å². The fourth-order valence-electron chi connectivity index (χ4n) is 2.59. The molecule has 0 radical (unpaired) electrons. The van der Waals surface area contributed by atoms with Gasteiger partial charge in [-0.3, -0.25) is 4.98 Å². The Bertz CT molecular complexity index is 377. The topological polar surface area (TPSA) is 24.9 Å². The van der Waals surface area contributed by atoms with Crippen LogP contribution in [0.4, 0.5) is 0 Å². The van der Waals surface area contributed by atoms with E-state index in [4.69, 9.17) is 20.3 Å². The van der Waals surface area contributed by atoms with E-state index in [9.17, 15) is 0 Å². The van der Waals surface area contributed by atoms with Crippen LogP contribution in [0.2, 0.25) is 0 Å². The van der Waals surface area contributed by atoms with E-state index in [-0.39, 0.29) is 7.92 Å². The summed E-state index contributed by atoms with van der Waals surface area (Å²) >= 11 is 0.382. The van der Waals surface area contributed by atoms with Crippen LogP contribution in [0.25, 0.3) is 0 Å². The number of nitrogens with zero attached hydrogens (tertiary/aromatic N) is 1. The third-order valence-electron chi connectivity index (χ3n) is 3.16. The maximum atomic E-state index is 4.73. The van der Waals surface area contributed by atoms with Crippen LogP contribution < -0.4 is 5.32 Å². The van der Waals surface area contributed by atoms with E-state index >= 15 is 0 Å². The molecule has 0 unspecified atom stereocenters. The molecule has 0 fully saturated rings. The second-order valence-electron chi connectivity index (χ2n) is 7.04. The molecule has 0 aliphatic carbocycles. The van der Waals surface area contributed by atoms with Gasteiger partial charge in [0.2, 0.25) is 0 Å². The molecule has 0 saturated heterocycles. The molecule has 0 aliphatic heterocycles. The van der Waals surface area contributed by atoms with Crippen molar-refractivity contribution in [1.82, 2.24) is 10.3 Å². The van der Waals surface area contributed by atoms with Crippen molar-refractivity contribution in [2.24, 2.45) is 0 Å². The first kappa shape index (κ1) is 22.6. The number of halogens is 2. The van der Waals surface area contributed by atoms with Crippen molar-refractivity contribution in [3.63, 3.8) is 0 Å². The first-order valence-corrected chi connectivity index (χ1v) is 11.7. The van der Waals surface area contributed by atoms with Crippen molar-refractivity contribution in [2.45, 2.75) is 58.4 Å². The quantitative estimate of drug-likeness (QED) is 0.503. The zero-order chi connectivity index (χ0) is 17.2. The second kappa shape index (κ2) is 11.2. The van der Waals surface area contributed by atoms with Crippen molar-refractivity contribution in [3.05, 3.63) is 30.1 Å². The van der Waals surface area contributed by atoms with Crippen LogP contribution in [0, 0.1) is 0 Å². The van der Waals surface area contributed by atoms with E-state index in [1.165, 1.54) is 6.16 Å². The first-order valence-electron chi connectivity index (χ1n) is 7.35. The molecule has 131 valence electrons. The maximum absolute atomic E-state index is 4.73. The fraction of sp³-hybridized carbons (Fsp3) is 0.688. The van der Waals surface area contributed by atoms with Gasteiger partial charge in [0.25, 0.3) is 0 Å². The molecule has 0 spiro atoms. The van der Waals surface area contributed by atoms with Gasteiger partial charge in [0, 0.05) is 12.7 Å². The minimum absolute atomic E-state index is 0.00617. The molecule has 0 atom stereocenters. The predicted octanol–water partition coefficient (Wildman–Crippen LogP) is 5.63. The number of rotatable bonds is 5. The van der Waals surface area contributed by atoms with Gasteiger partial charge in [-0.2, -0.15) is 0 Å². The minimum atomic E-state index is -0.00617. The second-order valence-corrected chi connectivity index (χ2v) is 12.7. The number of aromatic nitrogens is 1. The molecule has 1 aromatic rings. The van der Waals surface area contributed by atoms with Crippen LogP contribution in [0.3, 0.4) is 0 Å². The number of pyridine rings is 1. The van der Waals surface area contributed by atoms with Crippen LogP contribution in [0.5, 0.6) is 0 Å². The van der Waals surface area contributed by atoms with E-state index in [1.54, 1.807) is 0 Å². The van der Waals surface area contributed by atoms with Gasteiger partial charge >= 0.3 is 33.2 Å². The summed E-state index contributed by atoms with van der Waals surface area (Å²) in [6, 6.07) is 6.08. The van der Waals surface area contributed by atoms with Gasteiger partial charge in [0.15, 0.2) is 0 Å². The molecule has 0 amide bonds. The molecule has 2 nitrogen and oxygen atoms in total. The summed E-state index contributed by atoms with van der Waals surface area (Å²) in [4.78, 5) is 4.34. The summed E-state index contributed by atoms with van der Waals surface area (Å²) in [5.74, 6) is 0. The molecular weight excluding hydrogens is 381 g/mol. The summed E-state index contributed by atoms with van der Waals surface area (Å²) < 4.78 is 0. The Hall–Kier alpha value is 0.626. The Morgan fingerprint density at radius 3 is 2.05 bits per heavy atom. The molecule has 1 heterocycles. The van der Waals surface area contributed by atoms with E-state index in [0.29, 0.717) is 23.2 Å². The summed E-state index contributed by atoms with van der Waals surface area (Å²) in [5, 5.41) is 4.36. The van der Waals surface area contributed by atoms with Gasteiger partial charge < -0.3 is 5.32 Å². The van der Waals surface area contributed by atoms with E-state index in [0.717, 1.165) is 18.8 Å². The summed E-state index contributed by atoms with van der Waals surface area (Å²) in [6.45, 7) is 16.2. The summed E-state index contributed by atoms with van der Waals surface area (Å²) in [7, 11) is 9.46. The zero-order valence-electron chi connectivity index (χ0n) is 14.4. The number of hydrogen-bond acceptors (Lipinski definition) is 2. The molecule has 0 aliphatic rings. The Morgan fingerprint density at radius 1 is 1.09 bits per heavy atom. The normalized spacial score (nSPS) is 12.2. The van der Waals surface area contributed by atoms with Crippen molar-refractivity contribution in [3.8, 4) is 0 Å². The molecule has 0 saturated carbocycles. The van der Waals surface area contributed by atoms with Crippen molar-refractivity contribution < 1.29 is 12.9 Å². The van der Waals surface area contributed by atoms with Crippen LogP contribution in [-0.2, 0) is 19.4 Å². The SMILES string of the molecule is CC(C)(C)P(CCNCc1ccccn1)C(C)(C)C.[Cl][Co][Cl]. The van der Waals surface area contributed by atoms with Gasteiger partial charge in [-0.25, -0.2) is 0 Å². The van der Waals surface area contributed by atoms with Crippen LogP contribution >= 0.6 is 28.2 Å². The monoisotopic (exact) mass is 409 g/mol. The Morgan fingerprint density at radius 2 is 1.64 bits per heavy atom. The molecule has 1 rings (SSSR count). The zero-order valence-corrected chi connectivity index (χ0v) is 17.9. The third kappa shape index (κ3) is 10.4. The number of nitrogens with one attached hydrogen (secondary N) is 1. The Kier molecular flexibility index (Phi) is 11.5. The van der Waals surface area contributed by atoms with E-state index in [2.05, 4.69) is 57.9 Å².